The van der Waals surface area contributed by atoms with Crippen LogP contribution in [0.4, 0.5) is 0 Å². The number of esters is 1. The third kappa shape index (κ3) is 3.12. The van der Waals surface area contributed by atoms with Gasteiger partial charge in [0.25, 0.3) is 0 Å². The van der Waals surface area contributed by atoms with Crippen molar-refractivity contribution in [3.63, 3.8) is 0 Å². The maximum absolute atomic E-state index is 12.6. The molecule has 0 saturated carbocycles. The van der Waals surface area contributed by atoms with Gasteiger partial charge in [-0.2, -0.15) is 0 Å². The van der Waals surface area contributed by atoms with E-state index in [9.17, 15) is 4.79 Å². The SMILES string of the molecule is Cc1cc(Cl)ccc1OC(=O)c1c(-c2ccccc2)noc1C. The Morgan fingerprint density at radius 3 is 2.57 bits per heavy atom. The summed E-state index contributed by atoms with van der Waals surface area (Å²) >= 11 is 5.92. The van der Waals surface area contributed by atoms with Crippen LogP contribution in [-0.4, -0.2) is 11.1 Å². The van der Waals surface area contributed by atoms with Gasteiger partial charge in [0.2, 0.25) is 0 Å². The number of rotatable bonds is 3. The van der Waals surface area contributed by atoms with E-state index in [0.29, 0.717) is 27.8 Å². The number of nitrogens with zero attached hydrogens (tertiary/aromatic N) is 1. The van der Waals surface area contributed by atoms with Crippen molar-refractivity contribution in [2.45, 2.75) is 13.8 Å². The van der Waals surface area contributed by atoms with Gasteiger partial charge in [-0.1, -0.05) is 47.1 Å². The van der Waals surface area contributed by atoms with Crippen LogP contribution in [0.15, 0.2) is 53.1 Å². The van der Waals surface area contributed by atoms with Gasteiger partial charge in [0.15, 0.2) is 0 Å². The maximum atomic E-state index is 12.6. The quantitative estimate of drug-likeness (QED) is 0.510. The summed E-state index contributed by atoms with van der Waals surface area (Å²) in [5, 5.41) is 4.58. The summed E-state index contributed by atoms with van der Waals surface area (Å²) in [4.78, 5) is 12.6. The third-order valence-corrected chi connectivity index (χ3v) is 3.69. The van der Waals surface area contributed by atoms with Crippen LogP contribution in [-0.2, 0) is 0 Å². The van der Waals surface area contributed by atoms with Crippen molar-refractivity contribution in [1.82, 2.24) is 5.16 Å². The van der Waals surface area contributed by atoms with Crippen LogP contribution in [0.5, 0.6) is 5.75 Å². The monoisotopic (exact) mass is 327 g/mol. The van der Waals surface area contributed by atoms with Gasteiger partial charge in [-0.05, 0) is 37.6 Å². The Morgan fingerprint density at radius 1 is 1.13 bits per heavy atom. The van der Waals surface area contributed by atoms with Crippen molar-refractivity contribution in [2.75, 3.05) is 0 Å². The average Bonchev–Trinajstić information content (AvgIpc) is 2.93. The Morgan fingerprint density at radius 2 is 1.87 bits per heavy atom. The third-order valence-electron chi connectivity index (χ3n) is 3.45. The molecule has 1 heterocycles. The van der Waals surface area contributed by atoms with Crippen LogP contribution in [0.1, 0.15) is 21.7 Å². The molecule has 3 aromatic rings. The molecule has 0 aliphatic carbocycles. The summed E-state index contributed by atoms with van der Waals surface area (Å²) in [5.74, 6) is 0.368. The molecule has 2 aromatic carbocycles. The van der Waals surface area contributed by atoms with Crippen molar-refractivity contribution >= 4 is 17.6 Å². The van der Waals surface area contributed by atoms with Crippen molar-refractivity contribution < 1.29 is 14.1 Å². The zero-order valence-electron chi connectivity index (χ0n) is 12.7. The minimum Gasteiger partial charge on any atom is -0.423 e. The molecule has 0 aliphatic rings. The summed E-state index contributed by atoms with van der Waals surface area (Å²) in [6.45, 7) is 3.51. The highest BCUT2D eigenvalue weighted by molar-refractivity contribution is 6.30. The highest BCUT2D eigenvalue weighted by Crippen LogP contribution is 2.28. The lowest BCUT2D eigenvalue weighted by Crippen LogP contribution is -2.11. The van der Waals surface area contributed by atoms with Crippen LogP contribution in [0.3, 0.4) is 0 Å². The van der Waals surface area contributed by atoms with Gasteiger partial charge in [0.05, 0.1) is 0 Å². The Bertz CT molecular complexity index is 856. The first-order chi connectivity index (χ1) is 11.1. The highest BCUT2D eigenvalue weighted by atomic mass is 35.5. The van der Waals surface area contributed by atoms with Gasteiger partial charge < -0.3 is 9.26 Å². The Labute approximate surface area is 138 Å². The normalized spacial score (nSPS) is 10.6. The molecule has 0 bridgehead atoms. The van der Waals surface area contributed by atoms with E-state index in [2.05, 4.69) is 5.16 Å². The molecule has 0 spiro atoms. The summed E-state index contributed by atoms with van der Waals surface area (Å²) in [6.07, 6.45) is 0. The Kier molecular flexibility index (Phi) is 4.17. The largest absolute Gasteiger partial charge is 0.423 e. The number of hydrogen-bond donors (Lipinski definition) is 0. The first-order valence-corrected chi connectivity index (χ1v) is 7.44. The molecule has 23 heavy (non-hydrogen) atoms. The fourth-order valence-corrected chi connectivity index (χ4v) is 2.51. The maximum Gasteiger partial charge on any atom is 0.349 e. The van der Waals surface area contributed by atoms with Crippen molar-refractivity contribution in [1.29, 1.82) is 0 Å². The zero-order chi connectivity index (χ0) is 16.4. The van der Waals surface area contributed by atoms with Crippen LogP contribution < -0.4 is 4.74 Å². The molecule has 1 aromatic heterocycles. The molecule has 0 radical (unpaired) electrons. The smallest absolute Gasteiger partial charge is 0.349 e. The van der Waals surface area contributed by atoms with E-state index in [1.807, 2.05) is 37.3 Å². The molecule has 0 fully saturated rings. The van der Waals surface area contributed by atoms with Crippen molar-refractivity contribution in [3.8, 4) is 17.0 Å². The number of aryl methyl sites for hydroxylation is 2. The van der Waals surface area contributed by atoms with Crippen LogP contribution in [0.25, 0.3) is 11.3 Å². The van der Waals surface area contributed by atoms with Crippen molar-refractivity contribution in [3.05, 3.63) is 70.4 Å². The lowest BCUT2D eigenvalue weighted by atomic mass is 10.1. The molecule has 0 atom stereocenters. The minimum atomic E-state index is -0.506. The lowest BCUT2D eigenvalue weighted by Gasteiger charge is -2.08. The predicted molar refractivity (Wildman–Crippen MR) is 87.8 cm³/mol. The number of halogens is 1. The van der Waals surface area contributed by atoms with Gasteiger partial charge >= 0.3 is 5.97 Å². The average molecular weight is 328 g/mol. The number of ether oxygens (including phenoxy) is 1. The molecule has 3 rings (SSSR count). The molecule has 0 unspecified atom stereocenters. The summed E-state index contributed by atoms with van der Waals surface area (Å²) < 4.78 is 10.7. The Balaban J connectivity index is 1.96. The van der Waals surface area contributed by atoms with Gasteiger partial charge in [-0.25, -0.2) is 4.79 Å². The number of carbonyl (C=O) groups is 1. The molecule has 116 valence electrons. The number of hydrogen-bond acceptors (Lipinski definition) is 4. The van der Waals surface area contributed by atoms with E-state index in [0.717, 1.165) is 11.1 Å². The summed E-state index contributed by atoms with van der Waals surface area (Å²) in [6, 6.07) is 14.4. The number of aromatic nitrogens is 1. The standard InChI is InChI=1S/C18H14ClNO3/c1-11-10-14(19)8-9-15(11)22-18(21)16-12(2)23-20-17(16)13-6-4-3-5-7-13/h3-10H,1-2H3. The van der Waals surface area contributed by atoms with Gasteiger partial charge in [0, 0.05) is 10.6 Å². The van der Waals surface area contributed by atoms with Crippen molar-refractivity contribution in [2.24, 2.45) is 0 Å². The fourth-order valence-electron chi connectivity index (χ4n) is 2.28. The lowest BCUT2D eigenvalue weighted by molar-refractivity contribution is 0.0732. The fraction of sp³-hybridized carbons (Fsp3) is 0.111. The van der Waals surface area contributed by atoms with Crippen LogP contribution >= 0.6 is 11.6 Å². The number of carbonyl (C=O) groups excluding carboxylic acids is 1. The van der Waals surface area contributed by atoms with E-state index in [1.165, 1.54) is 0 Å². The van der Waals surface area contributed by atoms with E-state index in [1.54, 1.807) is 25.1 Å². The molecule has 4 nitrogen and oxygen atoms in total. The summed E-state index contributed by atoms with van der Waals surface area (Å²) in [7, 11) is 0. The minimum absolute atomic E-state index is 0.325. The molecule has 0 N–H and O–H groups in total. The summed E-state index contributed by atoms with van der Waals surface area (Å²) in [5.41, 5.74) is 2.37. The van der Waals surface area contributed by atoms with Gasteiger partial charge in [-0.15, -0.1) is 0 Å². The second-order valence-corrected chi connectivity index (χ2v) is 5.56. The molecule has 5 heteroatoms. The van der Waals surface area contributed by atoms with E-state index < -0.39 is 5.97 Å². The topological polar surface area (TPSA) is 52.3 Å². The predicted octanol–water partition coefficient (Wildman–Crippen LogP) is 4.83. The van der Waals surface area contributed by atoms with Gasteiger partial charge in [0.1, 0.15) is 22.8 Å². The second-order valence-electron chi connectivity index (χ2n) is 5.13. The first kappa shape index (κ1) is 15.3. The zero-order valence-corrected chi connectivity index (χ0v) is 13.4. The molecule has 0 saturated heterocycles. The van der Waals surface area contributed by atoms with Gasteiger partial charge in [-0.3, -0.25) is 0 Å². The van der Waals surface area contributed by atoms with E-state index >= 15 is 0 Å². The van der Waals surface area contributed by atoms with Crippen LogP contribution in [0, 0.1) is 13.8 Å². The van der Waals surface area contributed by atoms with Crippen LogP contribution in [0.2, 0.25) is 5.02 Å². The highest BCUT2D eigenvalue weighted by Gasteiger charge is 2.23. The second kappa shape index (κ2) is 6.26. The van der Waals surface area contributed by atoms with E-state index in [4.69, 9.17) is 20.9 Å². The first-order valence-electron chi connectivity index (χ1n) is 7.06. The Hall–Kier alpha value is -2.59. The molecular weight excluding hydrogens is 314 g/mol. The molecule has 0 aliphatic heterocycles. The number of benzene rings is 2. The van der Waals surface area contributed by atoms with E-state index in [-0.39, 0.29) is 0 Å². The molecular formula is C18H14ClNO3. The molecule has 0 amide bonds.